The Hall–Kier alpha value is 1.75. The number of phosphoric acid groups is 1. The molecule has 6 heteroatoms. The molecule has 0 aromatic heterocycles. The minimum atomic E-state index is -4.23. The fraction of sp³-hybridized carbons (Fsp3) is 1.00. The Morgan fingerprint density at radius 1 is 1.31 bits per heavy atom. The van der Waals surface area contributed by atoms with E-state index in [2.05, 4.69) is 18.4 Å². The molecule has 0 amide bonds. The van der Waals surface area contributed by atoms with Gasteiger partial charge in [0.15, 0.2) is 0 Å². The van der Waals surface area contributed by atoms with E-state index >= 15 is 0 Å². The van der Waals surface area contributed by atoms with Crippen LogP contribution < -0.4 is 0 Å². The number of rotatable bonds is 6. The van der Waals surface area contributed by atoms with Crippen molar-refractivity contribution in [3.63, 3.8) is 0 Å². The van der Waals surface area contributed by atoms with Crippen molar-refractivity contribution in [1.82, 2.24) is 0 Å². The van der Waals surface area contributed by atoms with Gasteiger partial charge in [-0.1, -0.05) is 26.7 Å². The summed E-state index contributed by atoms with van der Waals surface area (Å²) in [5, 5.41) is 0. The molecule has 0 aliphatic heterocycles. The van der Waals surface area contributed by atoms with Gasteiger partial charge < -0.3 is 9.79 Å². The molecule has 0 spiro atoms. The van der Waals surface area contributed by atoms with Crippen LogP contribution in [0.4, 0.5) is 0 Å². The van der Waals surface area contributed by atoms with Crippen LogP contribution in [0.3, 0.4) is 0 Å². The topological polar surface area (TPSA) is 66.8 Å². The molecule has 0 atom stereocenters. The van der Waals surface area contributed by atoms with E-state index in [1.54, 1.807) is 0 Å². The molecular weight excluding hydrogens is 218 g/mol. The molecule has 0 bridgehead atoms. The summed E-state index contributed by atoms with van der Waals surface area (Å²) in [4.78, 5) is 16.6. The number of unbranched alkanes of at least 4 members (excludes halogenated alkanes) is 1. The first-order chi connectivity index (χ1) is 5.42. The third-order valence-corrected chi connectivity index (χ3v) is 1.95. The summed E-state index contributed by atoms with van der Waals surface area (Å²) in [7, 11) is -4.23. The van der Waals surface area contributed by atoms with E-state index in [9.17, 15) is 4.57 Å². The molecular formula is C7H18KO4P. The van der Waals surface area contributed by atoms with Crippen LogP contribution in [0.2, 0.25) is 0 Å². The van der Waals surface area contributed by atoms with Crippen LogP contribution in [0.5, 0.6) is 0 Å². The van der Waals surface area contributed by atoms with Crippen molar-refractivity contribution in [2.75, 3.05) is 6.61 Å². The molecule has 0 aromatic rings. The molecule has 0 heterocycles. The molecule has 0 unspecified atom stereocenters. The first-order valence-corrected chi connectivity index (χ1v) is 5.65. The van der Waals surface area contributed by atoms with Gasteiger partial charge in [-0.2, -0.15) is 0 Å². The van der Waals surface area contributed by atoms with Gasteiger partial charge in [0.1, 0.15) is 0 Å². The quantitative estimate of drug-likeness (QED) is 0.414. The van der Waals surface area contributed by atoms with E-state index in [-0.39, 0.29) is 58.0 Å². The second kappa shape index (κ2) is 9.01. The van der Waals surface area contributed by atoms with E-state index in [4.69, 9.17) is 9.79 Å². The standard InChI is InChI=1S/C7H17O4P.K.H/c1-7(2)5-3-4-6-11-12(8,9)10;;/h7H,3-6H2,1-2H3,(H2,8,9,10);;. The van der Waals surface area contributed by atoms with Crippen molar-refractivity contribution < 1.29 is 18.9 Å². The Labute approximate surface area is 122 Å². The van der Waals surface area contributed by atoms with Gasteiger partial charge in [0.2, 0.25) is 0 Å². The van der Waals surface area contributed by atoms with E-state index in [1.165, 1.54) is 0 Å². The third kappa shape index (κ3) is 16.4. The first kappa shape index (κ1) is 17.2. The van der Waals surface area contributed by atoms with Gasteiger partial charge in [-0.25, -0.2) is 4.57 Å². The normalized spacial score (nSPS) is 11.5. The van der Waals surface area contributed by atoms with Crippen molar-refractivity contribution in [3.8, 4) is 0 Å². The molecule has 0 aliphatic carbocycles. The molecule has 0 rings (SSSR count). The van der Waals surface area contributed by atoms with Crippen molar-refractivity contribution in [1.29, 1.82) is 0 Å². The van der Waals surface area contributed by atoms with Gasteiger partial charge in [-0.15, -0.1) is 0 Å². The second-order valence-corrected chi connectivity index (χ2v) is 4.45. The second-order valence-electron chi connectivity index (χ2n) is 3.21. The van der Waals surface area contributed by atoms with Crippen molar-refractivity contribution in [2.45, 2.75) is 33.1 Å². The van der Waals surface area contributed by atoms with Gasteiger partial charge in [0.25, 0.3) is 0 Å². The van der Waals surface area contributed by atoms with Crippen molar-refractivity contribution >= 4 is 59.2 Å². The molecule has 0 aromatic carbocycles. The van der Waals surface area contributed by atoms with Gasteiger partial charge in [-0.05, 0) is 12.3 Å². The predicted octanol–water partition coefficient (Wildman–Crippen LogP) is 1.27. The van der Waals surface area contributed by atoms with Crippen LogP contribution in [-0.2, 0) is 9.09 Å². The third-order valence-electron chi connectivity index (χ3n) is 1.44. The molecule has 0 saturated heterocycles. The van der Waals surface area contributed by atoms with E-state index in [0.717, 1.165) is 12.8 Å². The Bertz CT molecular complexity index is 157. The van der Waals surface area contributed by atoms with Crippen LogP contribution in [0.15, 0.2) is 0 Å². The average Bonchev–Trinajstić information content (AvgIpc) is 1.83. The SMILES string of the molecule is CC(C)CCCCOP(=O)(O)O.[KH]. The number of hydrogen-bond donors (Lipinski definition) is 2. The molecule has 0 fully saturated rings. The summed E-state index contributed by atoms with van der Waals surface area (Å²) in [6.45, 7) is 4.38. The summed E-state index contributed by atoms with van der Waals surface area (Å²) in [5.41, 5.74) is 0. The molecule has 13 heavy (non-hydrogen) atoms. The summed E-state index contributed by atoms with van der Waals surface area (Å²) in [5.74, 6) is 0.639. The fourth-order valence-corrected chi connectivity index (χ4v) is 1.21. The van der Waals surface area contributed by atoms with Crippen molar-refractivity contribution in [2.24, 2.45) is 5.92 Å². The van der Waals surface area contributed by atoms with Crippen LogP contribution in [-0.4, -0.2) is 67.8 Å². The van der Waals surface area contributed by atoms with Crippen LogP contribution in [0.1, 0.15) is 33.1 Å². The zero-order chi connectivity index (χ0) is 9.61. The molecule has 0 radical (unpaired) electrons. The zero-order valence-electron chi connectivity index (χ0n) is 7.56. The summed E-state index contributed by atoms with van der Waals surface area (Å²) >= 11 is 0. The van der Waals surface area contributed by atoms with Crippen LogP contribution in [0, 0.1) is 5.92 Å². The number of hydrogen-bond acceptors (Lipinski definition) is 2. The van der Waals surface area contributed by atoms with Crippen LogP contribution in [0.25, 0.3) is 0 Å². The average molecular weight is 236 g/mol. The van der Waals surface area contributed by atoms with Crippen LogP contribution >= 0.6 is 7.82 Å². The van der Waals surface area contributed by atoms with Gasteiger partial charge in [0, 0.05) is 0 Å². The maximum atomic E-state index is 10.2. The summed E-state index contributed by atoms with van der Waals surface area (Å²) in [6.07, 6.45) is 2.74. The van der Waals surface area contributed by atoms with Gasteiger partial charge in [0.05, 0.1) is 6.61 Å². The molecule has 76 valence electrons. The first-order valence-electron chi connectivity index (χ1n) is 4.12. The monoisotopic (exact) mass is 236 g/mol. The van der Waals surface area contributed by atoms with Gasteiger partial charge in [-0.3, -0.25) is 4.52 Å². The number of phosphoric ester groups is 1. The summed E-state index contributed by atoms with van der Waals surface area (Å²) < 4.78 is 14.5. The Morgan fingerprint density at radius 2 is 1.85 bits per heavy atom. The minimum absolute atomic E-state index is 0. The zero-order valence-corrected chi connectivity index (χ0v) is 8.46. The molecule has 0 saturated carbocycles. The Morgan fingerprint density at radius 3 is 2.23 bits per heavy atom. The Kier molecular flexibility index (Phi) is 11.9. The van der Waals surface area contributed by atoms with E-state index in [1.807, 2.05) is 0 Å². The Balaban J connectivity index is 0. The van der Waals surface area contributed by atoms with Gasteiger partial charge >= 0.3 is 59.2 Å². The summed E-state index contributed by atoms with van der Waals surface area (Å²) in [6, 6.07) is 0. The van der Waals surface area contributed by atoms with E-state index in [0.29, 0.717) is 12.3 Å². The molecule has 0 aliphatic rings. The van der Waals surface area contributed by atoms with E-state index < -0.39 is 7.82 Å². The maximum absolute atomic E-state index is 10.2. The molecule has 2 N–H and O–H groups in total. The fourth-order valence-electron chi connectivity index (χ4n) is 0.838. The molecule has 4 nitrogen and oxygen atoms in total. The predicted molar refractivity (Wildman–Crippen MR) is 53.8 cm³/mol. The van der Waals surface area contributed by atoms with Crippen molar-refractivity contribution in [3.05, 3.63) is 0 Å².